The molecule has 3 rings (SSSR count). The molecule has 0 amide bonds. The van der Waals surface area contributed by atoms with E-state index in [2.05, 4.69) is 24.3 Å². The summed E-state index contributed by atoms with van der Waals surface area (Å²) in [6.07, 6.45) is 3.65. The number of aliphatic imine (C=N–C) groups is 1. The highest BCUT2D eigenvalue weighted by atomic mass is 16.1. The molecule has 1 saturated carbocycles. The topological polar surface area (TPSA) is 29.4 Å². The van der Waals surface area contributed by atoms with Crippen LogP contribution in [-0.4, -0.2) is 17.5 Å². The van der Waals surface area contributed by atoms with Crippen LogP contribution in [0.5, 0.6) is 0 Å². The molecule has 1 unspecified atom stereocenters. The van der Waals surface area contributed by atoms with Gasteiger partial charge < -0.3 is 0 Å². The van der Waals surface area contributed by atoms with E-state index in [0.29, 0.717) is 6.42 Å². The number of rotatable bonds is 3. The quantitative estimate of drug-likeness (QED) is 0.779. The van der Waals surface area contributed by atoms with Crippen LogP contribution in [0.4, 0.5) is 0 Å². The summed E-state index contributed by atoms with van der Waals surface area (Å²) in [6, 6.07) is 20.1. The summed E-state index contributed by atoms with van der Waals surface area (Å²) in [5, 5.41) is 0. The van der Waals surface area contributed by atoms with Crippen molar-refractivity contribution in [1.29, 1.82) is 0 Å². The van der Waals surface area contributed by atoms with Gasteiger partial charge in [-0.3, -0.25) is 9.79 Å². The molecule has 21 heavy (non-hydrogen) atoms. The standard InChI is InChI=1S/C19H19NO/c21-18-14-8-7-13-17(18)20-19(15-9-3-1-4-10-15)16-11-5-2-6-12-16/h1-6,9-12,17H,7-8,13-14H2. The van der Waals surface area contributed by atoms with Gasteiger partial charge >= 0.3 is 0 Å². The van der Waals surface area contributed by atoms with Gasteiger partial charge in [0.2, 0.25) is 0 Å². The van der Waals surface area contributed by atoms with E-state index in [1.165, 1.54) is 0 Å². The van der Waals surface area contributed by atoms with E-state index in [1.54, 1.807) is 0 Å². The Hall–Kier alpha value is -2.22. The van der Waals surface area contributed by atoms with Crippen molar-refractivity contribution in [2.24, 2.45) is 4.99 Å². The van der Waals surface area contributed by atoms with Crippen molar-refractivity contribution in [3.8, 4) is 0 Å². The van der Waals surface area contributed by atoms with Crippen LogP contribution < -0.4 is 0 Å². The first-order valence-corrected chi connectivity index (χ1v) is 7.56. The van der Waals surface area contributed by atoms with Crippen LogP contribution in [0.1, 0.15) is 36.8 Å². The van der Waals surface area contributed by atoms with Crippen molar-refractivity contribution in [3.63, 3.8) is 0 Å². The summed E-state index contributed by atoms with van der Waals surface area (Å²) >= 11 is 0. The highest BCUT2D eigenvalue weighted by Crippen LogP contribution is 2.20. The third kappa shape index (κ3) is 3.27. The monoisotopic (exact) mass is 277 g/mol. The maximum absolute atomic E-state index is 12.1. The zero-order chi connectivity index (χ0) is 14.5. The van der Waals surface area contributed by atoms with Crippen LogP contribution in [0.25, 0.3) is 0 Å². The number of carbonyl (C=O) groups excluding carboxylic acids is 1. The normalized spacial score (nSPS) is 18.3. The van der Waals surface area contributed by atoms with Gasteiger partial charge in [-0.2, -0.15) is 0 Å². The zero-order valence-corrected chi connectivity index (χ0v) is 12.0. The third-order valence-corrected chi connectivity index (χ3v) is 3.90. The van der Waals surface area contributed by atoms with E-state index in [0.717, 1.165) is 36.1 Å². The van der Waals surface area contributed by atoms with Crippen LogP contribution in [0.2, 0.25) is 0 Å². The fraction of sp³-hybridized carbons (Fsp3) is 0.263. The van der Waals surface area contributed by atoms with Crippen molar-refractivity contribution in [3.05, 3.63) is 71.8 Å². The van der Waals surface area contributed by atoms with Gasteiger partial charge in [-0.15, -0.1) is 0 Å². The molecule has 0 aromatic heterocycles. The molecule has 2 aromatic rings. The first-order chi connectivity index (χ1) is 10.3. The van der Waals surface area contributed by atoms with Crippen LogP contribution >= 0.6 is 0 Å². The molecule has 0 N–H and O–H groups in total. The van der Waals surface area contributed by atoms with E-state index < -0.39 is 0 Å². The Morgan fingerprint density at radius 2 is 1.43 bits per heavy atom. The second kappa shape index (κ2) is 6.49. The molecule has 106 valence electrons. The number of Topliss-reactive ketones (excluding diaryl/α,β-unsaturated/α-hetero) is 1. The Kier molecular flexibility index (Phi) is 4.25. The number of hydrogen-bond acceptors (Lipinski definition) is 2. The van der Waals surface area contributed by atoms with Crippen molar-refractivity contribution in [1.82, 2.24) is 0 Å². The van der Waals surface area contributed by atoms with E-state index in [4.69, 9.17) is 4.99 Å². The highest BCUT2D eigenvalue weighted by Gasteiger charge is 2.22. The molecular formula is C19H19NO. The van der Waals surface area contributed by atoms with Crippen molar-refractivity contribution < 1.29 is 4.79 Å². The molecule has 1 aliphatic rings. The van der Waals surface area contributed by atoms with E-state index in [1.807, 2.05) is 36.4 Å². The first kappa shape index (κ1) is 13.7. The van der Waals surface area contributed by atoms with Crippen LogP contribution in [0.15, 0.2) is 65.7 Å². The minimum Gasteiger partial charge on any atom is -0.297 e. The molecule has 1 fully saturated rings. The van der Waals surface area contributed by atoms with Crippen LogP contribution in [0.3, 0.4) is 0 Å². The summed E-state index contributed by atoms with van der Waals surface area (Å²) in [7, 11) is 0. The smallest absolute Gasteiger partial charge is 0.157 e. The minimum atomic E-state index is -0.172. The SMILES string of the molecule is O=C1CCCCC1N=C(c1ccccc1)c1ccccc1. The number of ketones is 1. The second-order valence-electron chi connectivity index (χ2n) is 5.44. The van der Waals surface area contributed by atoms with E-state index >= 15 is 0 Å². The molecule has 1 atom stereocenters. The van der Waals surface area contributed by atoms with E-state index in [9.17, 15) is 4.79 Å². The fourth-order valence-corrected chi connectivity index (χ4v) is 2.76. The summed E-state index contributed by atoms with van der Waals surface area (Å²) < 4.78 is 0. The van der Waals surface area contributed by atoms with Gasteiger partial charge in [0.15, 0.2) is 5.78 Å². The average Bonchev–Trinajstić information content (AvgIpc) is 2.56. The third-order valence-electron chi connectivity index (χ3n) is 3.90. The Morgan fingerprint density at radius 3 is 1.95 bits per heavy atom. The van der Waals surface area contributed by atoms with Gasteiger partial charge in [-0.1, -0.05) is 67.1 Å². The molecule has 0 bridgehead atoms. The van der Waals surface area contributed by atoms with Gasteiger partial charge in [-0.25, -0.2) is 0 Å². The van der Waals surface area contributed by atoms with Gasteiger partial charge in [0.1, 0.15) is 6.04 Å². The Balaban J connectivity index is 2.02. The molecule has 2 aromatic carbocycles. The lowest BCUT2D eigenvalue weighted by atomic mass is 9.93. The Bertz CT molecular complexity index is 590. The van der Waals surface area contributed by atoms with Crippen molar-refractivity contribution in [2.45, 2.75) is 31.7 Å². The fourth-order valence-electron chi connectivity index (χ4n) is 2.76. The summed E-state index contributed by atoms with van der Waals surface area (Å²) in [5.41, 5.74) is 3.07. The first-order valence-electron chi connectivity index (χ1n) is 7.56. The van der Waals surface area contributed by atoms with Gasteiger partial charge in [0.05, 0.1) is 5.71 Å². The van der Waals surface area contributed by atoms with Crippen molar-refractivity contribution >= 4 is 11.5 Å². The lowest BCUT2D eigenvalue weighted by Gasteiger charge is -2.18. The summed E-state index contributed by atoms with van der Waals surface area (Å²) in [4.78, 5) is 16.9. The predicted octanol–water partition coefficient (Wildman–Crippen LogP) is 4.04. The van der Waals surface area contributed by atoms with Crippen LogP contribution in [0, 0.1) is 0 Å². The van der Waals surface area contributed by atoms with Gasteiger partial charge in [0.25, 0.3) is 0 Å². The molecule has 2 heteroatoms. The number of hydrogen-bond donors (Lipinski definition) is 0. The molecule has 0 spiro atoms. The molecule has 0 heterocycles. The lowest BCUT2D eigenvalue weighted by molar-refractivity contribution is -0.121. The predicted molar refractivity (Wildman–Crippen MR) is 85.8 cm³/mol. The van der Waals surface area contributed by atoms with Gasteiger partial charge in [0, 0.05) is 17.5 Å². The lowest BCUT2D eigenvalue weighted by Crippen LogP contribution is -2.24. The minimum absolute atomic E-state index is 0.172. The van der Waals surface area contributed by atoms with Crippen LogP contribution in [-0.2, 0) is 4.79 Å². The Morgan fingerprint density at radius 1 is 0.857 bits per heavy atom. The molecule has 0 saturated heterocycles. The largest absolute Gasteiger partial charge is 0.297 e. The molecule has 0 aliphatic heterocycles. The number of benzene rings is 2. The number of carbonyl (C=O) groups is 1. The average molecular weight is 277 g/mol. The molecule has 0 radical (unpaired) electrons. The van der Waals surface area contributed by atoms with Gasteiger partial charge in [-0.05, 0) is 12.8 Å². The summed E-state index contributed by atoms with van der Waals surface area (Å²) in [5.74, 6) is 0.283. The molecular weight excluding hydrogens is 258 g/mol. The molecule has 2 nitrogen and oxygen atoms in total. The zero-order valence-electron chi connectivity index (χ0n) is 12.0. The van der Waals surface area contributed by atoms with E-state index in [-0.39, 0.29) is 11.8 Å². The number of nitrogens with zero attached hydrogens (tertiary/aromatic N) is 1. The van der Waals surface area contributed by atoms with Crippen molar-refractivity contribution in [2.75, 3.05) is 0 Å². The maximum atomic E-state index is 12.1. The molecule has 1 aliphatic carbocycles. The highest BCUT2D eigenvalue weighted by molar-refractivity contribution is 6.13. The second-order valence-corrected chi connectivity index (χ2v) is 5.44. The summed E-state index contributed by atoms with van der Waals surface area (Å²) in [6.45, 7) is 0. The Labute approximate surface area is 125 Å². The maximum Gasteiger partial charge on any atom is 0.157 e.